The Bertz CT molecular complexity index is 1510. The number of fused-ring (bicyclic) bond motifs is 1. The van der Waals surface area contributed by atoms with Gasteiger partial charge in [-0.1, -0.05) is 23.7 Å². The van der Waals surface area contributed by atoms with Gasteiger partial charge < -0.3 is 15.0 Å². The van der Waals surface area contributed by atoms with Gasteiger partial charge in [0.2, 0.25) is 5.91 Å². The number of pyridine rings is 1. The molecule has 1 N–H and O–H groups in total. The Morgan fingerprint density at radius 2 is 1.92 bits per heavy atom. The van der Waals surface area contributed by atoms with Crippen LogP contribution in [0, 0.1) is 0 Å². The van der Waals surface area contributed by atoms with Crippen molar-refractivity contribution in [1.82, 2.24) is 24.8 Å². The number of aromatic nitrogens is 3. The van der Waals surface area contributed by atoms with Crippen LogP contribution in [0.1, 0.15) is 19.4 Å². The summed E-state index contributed by atoms with van der Waals surface area (Å²) in [4.78, 5) is 37.9. The van der Waals surface area contributed by atoms with Crippen molar-refractivity contribution < 1.29 is 9.53 Å². The lowest BCUT2D eigenvalue weighted by atomic mass is 10.1. The summed E-state index contributed by atoms with van der Waals surface area (Å²) in [6, 6.07) is 14.6. The van der Waals surface area contributed by atoms with Crippen LogP contribution in [0.4, 0.5) is 0 Å². The summed E-state index contributed by atoms with van der Waals surface area (Å²) in [5.41, 5.74) is 3.21. The fraction of sp³-hybridized carbons (Fsp3) is 0.286. The van der Waals surface area contributed by atoms with Crippen molar-refractivity contribution in [3.05, 3.63) is 75.7 Å². The van der Waals surface area contributed by atoms with Gasteiger partial charge in [-0.25, -0.2) is 4.98 Å². The molecule has 0 aliphatic heterocycles. The number of benzene rings is 2. The van der Waals surface area contributed by atoms with Gasteiger partial charge in [0.1, 0.15) is 18.1 Å². The van der Waals surface area contributed by atoms with Crippen LogP contribution >= 0.6 is 11.6 Å². The fourth-order valence-electron chi connectivity index (χ4n) is 4.17. The van der Waals surface area contributed by atoms with Crippen molar-refractivity contribution in [3.8, 4) is 28.4 Å². The highest BCUT2D eigenvalue weighted by molar-refractivity contribution is 6.30. The number of rotatable bonds is 8. The van der Waals surface area contributed by atoms with Crippen LogP contribution in [0.5, 0.6) is 5.75 Å². The van der Waals surface area contributed by atoms with E-state index in [2.05, 4.69) is 15.2 Å². The van der Waals surface area contributed by atoms with E-state index in [1.165, 1.54) is 4.57 Å². The van der Waals surface area contributed by atoms with E-state index in [0.29, 0.717) is 38.8 Å². The molecule has 2 aromatic carbocycles. The van der Waals surface area contributed by atoms with E-state index in [-0.39, 0.29) is 24.1 Å². The molecule has 2 aromatic heterocycles. The minimum atomic E-state index is -0.334. The number of ether oxygens (including phenoxy) is 1. The number of halogens is 1. The lowest BCUT2D eigenvalue weighted by molar-refractivity contribution is -0.122. The van der Waals surface area contributed by atoms with Crippen molar-refractivity contribution in [2.75, 3.05) is 21.2 Å². The maximum Gasteiger partial charge on any atom is 0.262 e. The van der Waals surface area contributed by atoms with Crippen LogP contribution in [-0.2, 0) is 17.9 Å². The molecular formula is C28H30ClN5O3. The molecule has 4 rings (SSSR count). The van der Waals surface area contributed by atoms with E-state index in [9.17, 15) is 9.59 Å². The maximum absolute atomic E-state index is 13.8. The molecule has 0 radical (unpaired) electrons. The van der Waals surface area contributed by atoms with Gasteiger partial charge in [0.05, 0.1) is 29.9 Å². The summed E-state index contributed by atoms with van der Waals surface area (Å²) in [5.74, 6) is 0.772. The van der Waals surface area contributed by atoms with Gasteiger partial charge in [-0.15, -0.1) is 0 Å². The van der Waals surface area contributed by atoms with Gasteiger partial charge in [0.15, 0.2) is 0 Å². The molecule has 192 valence electrons. The standard InChI is InChI=1S/C28H30ClN5O3/c1-17(2)31-26(35)16-34-27(19-7-6-8-21(29)11-19)32-25-14-30-24(13-23(25)28(34)36)20-9-18(15-33(3)4)10-22(12-20)37-5/h6-14,17H,15-16H2,1-5H3,(H,31,35). The Labute approximate surface area is 220 Å². The van der Waals surface area contributed by atoms with Crippen LogP contribution in [0.3, 0.4) is 0 Å². The molecule has 2 heterocycles. The van der Waals surface area contributed by atoms with E-state index >= 15 is 0 Å². The molecule has 1 amide bonds. The van der Waals surface area contributed by atoms with Gasteiger partial charge in [-0.05, 0) is 69.9 Å². The minimum absolute atomic E-state index is 0.0635. The normalized spacial score (nSPS) is 11.4. The quantitative estimate of drug-likeness (QED) is 0.372. The Morgan fingerprint density at radius 3 is 2.59 bits per heavy atom. The topological polar surface area (TPSA) is 89.4 Å². The summed E-state index contributed by atoms with van der Waals surface area (Å²) < 4.78 is 6.89. The van der Waals surface area contributed by atoms with Crippen molar-refractivity contribution in [2.45, 2.75) is 33.0 Å². The number of nitrogens with one attached hydrogen (secondary N) is 1. The Balaban J connectivity index is 1.89. The SMILES string of the molecule is COc1cc(CN(C)C)cc(-c2cc3c(=O)n(CC(=O)NC(C)C)c(-c4cccc(Cl)c4)nc3cn2)c1. The van der Waals surface area contributed by atoms with Crippen molar-refractivity contribution >= 4 is 28.4 Å². The van der Waals surface area contributed by atoms with Crippen LogP contribution < -0.4 is 15.6 Å². The average molecular weight is 520 g/mol. The van der Waals surface area contributed by atoms with Gasteiger partial charge in [0.25, 0.3) is 5.56 Å². The van der Waals surface area contributed by atoms with Crippen molar-refractivity contribution in [3.63, 3.8) is 0 Å². The van der Waals surface area contributed by atoms with Crippen molar-refractivity contribution in [2.24, 2.45) is 0 Å². The first kappa shape index (κ1) is 26.3. The first-order valence-corrected chi connectivity index (χ1v) is 12.3. The smallest absolute Gasteiger partial charge is 0.262 e. The molecule has 37 heavy (non-hydrogen) atoms. The molecular weight excluding hydrogens is 490 g/mol. The fourth-order valence-corrected chi connectivity index (χ4v) is 4.36. The lowest BCUT2D eigenvalue weighted by Gasteiger charge is -2.16. The Morgan fingerprint density at radius 1 is 1.14 bits per heavy atom. The molecule has 0 spiro atoms. The summed E-state index contributed by atoms with van der Waals surface area (Å²) in [6.07, 6.45) is 1.59. The number of carbonyl (C=O) groups is 1. The molecule has 4 aromatic rings. The van der Waals surface area contributed by atoms with E-state index < -0.39 is 0 Å². The van der Waals surface area contributed by atoms with E-state index in [1.807, 2.05) is 46.1 Å². The molecule has 0 saturated heterocycles. The second-order valence-electron chi connectivity index (χ2n) is 9.45. The van der Waals surface area contributed by atoms with Crippen LogP contribution in [0.25, 0.3) is 33.5 Å². The zero-order valence-electron chi connectivity index (χ0n) is 21.6. The Kier molecular flexibility index (Phi) is 7.90. The second kappa shape index (κ2) is 11.1. The van der Waals surface area contributed by atoms with Gasteiger partial charge in [-0.3, -0.25) is 19.1 Å². The third-order valence-electron chi connectivity index (χ3n) is 5.67. The Hall–Kier alpha value is -3.75. The van der Waals surface area contributed by atoms with E-state index in [1.54, 1.807) is 43.6 Å². The van der Waals surface area contributed by atoms with Crippen LogP contribution in [-0.4, -0.2) is 52.6 Å². The van der Waals surface area contributed by atoms with Crippen LogP contribution in [0.2, 0.25) is 5.02 Å². The largest absolute Gasteiger partial charge is 0.497 e. The van der Waals surface area contributed by atoms with Gasteiger partial charge >= 0.3 is 0 Å². The van der Waals surface area contributed by atoms with E-state index in [0.717, 1.165) is 17.7 Å². The number of hydrogen-bond donors (Lipinski definition) is 1. The summed E-state index contributed by atoms with van der Waals surface area (Å²) >= 11 is 6.22. The number of amides is 1. The molecule has 8 nitrogen and oxygen atoms in total. The molecule has 0 saturated carbocycles. The molecule has 0 fully saturated rings. The maximum atomic E-state index is 13.8. The molecule has 0 atom stereocenters. The zero-order valence-corrected chi connectivity index (χ0v) is 22.3. The highest BCUT2D eigenvalue weighted by Gasteiger charge is 2.18. The van der Waals surface area contributed by atoms with E-state index in [4.69, 9.17) is 21.3 Å². The number of nitrogens with zero attached hydrogens (tertiary/aromatic N) is 4. The molecule has 0 aliphatic carbocycles. The summed E-state index contributed by atoms with van der Waals surface area (Å²) in [6.45, 7) is 4.29. The number of carbonyl (C=O) groups excluding carboxylic acids is 1. The predicted octanol–water partition coefficient (Wildman–Crippen LogP) is 4.37. The molecule has 0 bridgehead atoms. The predicted molar refractivity (Wildman–Crippen MR) is 147 cm³/mol. The second-order valence-corrected chi connectivity index (χ2v) is 9.89. The molecule has 0 aliphatic rings. The van der Waals surface area contributed by atoms with Gasteiger partial charge in [0, 0.05) is 28.7 Å². The highest BCUT2D eigenvalue weighted by Crippen LogP contribution is 2.28. The van der Waals surface area contributed by atoms with Crippen molar-refractivity contribution in [1.29, 1.82) is 0 Å². The third kappa shape index (κ3) is 6.15. The zero-order chi connectivity index (χ0) is 26.7. The summed E-state index contributed by atoms with van der Waals surface area (Å²) in [7, 11) is 5.61. The number of methoxy groups -OCH3 is 1. The molecule has 0 unspecified atom stereocenters. The number of hydrogen-bond acceptors (Lipinski definition) is 6. The van der Waals surface area contributed by atoms with Gasteiger partial charge in [-0.2, -0.15) is 0 Å². The first-order chi connectivity index (χ1) is 17.6. The lowest BCUT2D eigenvalue weighted by Crippen LogP contribution is -2.37. The summed E-state index contributed by atoms with van der Waals surface area (Å²) in [5, 5.41) is 3.72. The first-order valence-electron chi connectivity index (χ1n) is 11.9. The average Bonchev–Trinajstić information content (AvgIpc) is 2.84. The monoisotopic (exact) mass is 519 g/mol. The minimum Gasteiger partial charge on any atom is -0.497 e. The highest BCUT2D eigenvalue weighted by atomic mass is 35.5. The van der Waals surface area contributed by atoms with Crippen LogP contribution in [0.15, 0.2) is 59.5 Å². The third-order valence-corrected chi connectivity index (χ3v) is 5.91. The molecule has 9 heteroatoms.